The molecule has 0 aromatic heterocycles. The van der Waals surface area contributed by atoms with Gasteiger partial charge < -0.3 is 10.1 Å². The molecule has 30 heavy (non-hydrogen) atoms. The number of Topliss-reactive ketones (excluding diaryl/α,β-unsaturated/α-hetero) is 1. The fourth-order valence-corrected chi connectivity index (χ4v) is 2.59. The summed E-state index contributed by atoms with van der Waals surface area (Å²) in [6.07, 6.45) is -1.09. The number of anilines is 1. The monoisotopic (exact) mass is 412 g/mol. The minimum absolute atomic E-state index is 0.0316. The summed E-state index contributed by atoms with van der Waals surface area (Å²) < 4.78 is 5.23. The third kappa shape index (κ3) is 5.28. The van der Waals surface area contributed by atoms with Gasteiger partial charge in [0.15, 0.2) is 6.10 Å². The number of ketones is 1. The SMILES string of the molecule is Cc1c(C(=O)O[C@H](C)C(=O)c2ccc(NC(=O)C(C)(C)C)cc2)cccc1[N+](=O)[O-]. The molecule has 0 aliphatic heterocycles. The molecule has 2 aromatic carbocycles. The van der Waals surface area contributed by atoms with E-state index in [4.69, 9.17) is 4.74 Å². The minimum atomic E-state index is -1.09. The van der Waals surface area contributed by atoms with Crippen LogP contribution in [0.2, 0.25) is 0 Å². The summed E-state index contributed by atoms with van der Waals surface area (Å²) in [5, 5.41) is 13.8. The fraction of sp³-hybridized carbons (Fsp3) is 0.318. The zero-order valence-electron chi connectivity index (χ0n) is 17.5. The first kappa shape index (κ1) is 22.7. The van der Waals surface area contributed by atoms with E-state index in [9.17, 15) is 24.5 Å². The van der Waals surface area contributed by atoms with E-state index in [2.05, 4.69) is 5.32 Å². The second-order valence-corrected chi connectivity index (χ2v) is 7.90. The molecule has 0 heterocycles. The molecular weight excluding hydrogens is 388 g/mol. The lowest BCUT2D eigenvalue weighted by Crippen LogP contribution is -2.27. The molecule has 1 amide bonds. The van der Waals surface area contributed by atoms with Crippen molar-refractivity contribution in [3.8, 4) is 0 Å². The van der Waals surface area contributed by atoms with E-state index in [0.29, 0.717) is 11.3 Å². The molecule has 0 saturated heterocycles. The van der Waals surface area contributed by atoms with Crippen LogP contribution in [0.4, 0.5) is 11.4 Å². The third-order valence-corrected chi connectivity index (χ3v) is 4.48. The highest BCUT2D eigenvalue weighted by molar-refractivity contribution is 6.02. The van der Waals surface area contributed by atoms with Gasteiger partial charge in [-0.1, -0.05) is 26.8 Å². The zero-order valence-corrected chi connectivity index (χ0v) is 17.5. The maximum Gasteiger partial charge on any atom is 0.339 e. The molecule has 0 fully saturated rings. The van der Waals surface area contributed by atoms with E-state index < -0.39 is 28.2 Å². The van der Waals surface area contributed by atoms with Crippen LogP contribution in [-0.2, 0) is 9.53 Å². The Balaban J connectivity index is 2.09. The summed E-state index contributed by atoms with van der Waals surface area (Å²) in [6.45, 7) is 8.26. The Bertz CT molecular complexity index is 990. The van der Waals surface area contributed by atoms with E-state index in [0.717, 1.165) is 0 Å². The largest absolute Gasteiger partial charge is 0.451 e. The summed E-state index contributed by atoms with van der Waals surface area (Å²) in [7, 11) is 0. The average molecular weight is 412 g/mol. The van der Waals surface area contributed by atoms with Gasteiger partial charge in [-0.2, -0.15) is 0 Å². The number of nitro benzene ring substituents is 1. The van der Waals surface area contributed by atoms with Gasteiger partial charge in [-0.15, -0.1) is 0 Å². The molecule has 1 atom stereocenters. The second kappa shape index (κ2) is 8.86. The zero-order chi connectivity index (χ0) is 22.6. The van der Waals surface area contributed by atoms with Crippen LogP contribution < -0.4 is 5.32 Å². The Labute approximate surface area is 174 Å². The number of carbonyl (C=O) groups excluding carboxylic acids is 3. The fourth-order valence-electron chi connectivity index (χ4n) is 2.59. The molecular formula is C22H24N2O6. The van der Waals surface area contributed by atoms with E-state index in [1.807, 2.05) is 0 Å². The molecule has 0 radical (unpaired) electrons. The van der Waals surface area contributed by atoms with Crippen molar-refractivity contribution >= 4 is 29.0 Å². The number of rotatable bonds is 6. The molecule has 1 N–H and O–H groups in total. The van der Waals surface area contributed by atoms with Crippen LogP contribution in [0.25, 0.3) is 0 Å². The van der Waals surface area contributed by atoms with Crippen molar-refractivity contribution < 1.29 is 24.0 Å². The van der Waals surface area contributed by atoms with Gasteiger partial charge in [0.1, 0.15) is 0 Å². The predicted octanol–water partition coefficient (Wildman–Crippen LogP) is 4.32. The average Bonchev–Trinajstić information content (AvgIpc) is 2.67. The maximum absolute atomic E-state index is 12.6. The van der Waals surface area contributed by atoms with Crippen LogP contribution in [0.3, 0.4) is 0 Å². The van der Waals surface area contributed by atoms with Gasteiger partial charge in [-0.3, -0.25) is 19.7 Å². The number of carbonyl (C=O) groups is 3. The lowest BCUT2D eigenvalue weighted by Gasteiger charge is -2.18. The van der Waals surface area contributed by atoms with Crippen molar-refractivity contribution in [2.45, 2.75) is 40.7 Å². The third-order valence-electron chi connectivity index (χ3n) is 4.48. The molecule has 0 aliphatic rings. The van der Waals surface area contributed by atoms with Crippen molar-refractivity contribution in [1.82, 2.24) is 0 Å². The van der Waals surface area contributed by atoms with Gasteiger partial charge in [0.05, 0.1) is 10.5 Å². The number of nitro groups is 1. The van der Waals surface area contributed by atoms with Gasteiger partial charge in [0.25, 0.3) is 5.69 Å². The van der Waals surface area contributed by atoms with Crippen molar-refractivity contribution in [1.29, 1.82) is 0 Å². The topological polar surface area (TPSA) is 116 Å². The molecule has 0 saturated carbocycles. The normalized spacial score (nSPS) is 12.0. The summed E-state index contributed by atoms with van der Waals surface area (Å²) >= 11 is 0. The minimum Gasteiger partial charge on any atom is -0.451 e. The number of amides is 1. The lowest BCUT2D eigenvalue weighted by atomic mass is 9.95. The van der Waals surface area contributed by atoms with Crippen LogP contribution >= 0.6 is 0 Å². The highest BCUT2D eigenvalue weighted by Crippen LogP contribution is 2.23. The Morgan fingerprint density at radius 2 is 1.67 bits per heavy atom. The van der Waals surface area contributed by atoms with Crippen LogP contribution in [0.1, 0.15) is 54.0 Å². The van der Waals surface area contributed by atoms with Crippen molar-refractivity contribution in [2.24, 2.45) is 5.41 Å². The number of esters is 1. The number of nitrogens with one attached hydrogen (secondary N) is 1. The van der Waals surface area contributed by atoms with Gasteiger partial charge in [0, 0.05) is 28.3 Å². The summed E-state index contributed by atoms with van der Waals surface area (Å²) in [6, 6.07) is 10.3. The van der Waals surface area contributed by atoms with Crippen molar-refractivity contribution in [3.63, 3.8) is 0 Å². The van der Waals surface area contributed by atoms with Crippen LogP contribution in [0.15, 0.2) is 42.5 Å². The molecule has 8 heteroatoms. The molecule has 0 bridgehead atoms. The second-order valence-electron chi connectivity index (χ2n) is 7.90. The predicted molar refractivity (Wildman–Crippen MR) is 112 cm³/mol. The summed E-state index contributed by atoms with van der Waals surface area (Å²) in [4.78, 5) is 47.5. The van der Waals surface area contributed by atoms with Crippen molar-refractivity contribution in [2.75, 3.05) is 5.32 Å². The van der Waals surface area contributed by atoms with Crippen LogP contribution in [0, 0.1) is 22.5 Å². The first-order chi connectivity index (χ1) is 13.9. The summed E-state index contributed by atoms with van der Waals surface area (Å²) in [5.41, 5.74) is 0.302. The molecule has 0 unspecified atom stereocenters. The number of nitrogens with zero attached hydrogens (tertiary/aromatic N) is 1. The molecule has 2 rings (SSSR count). The molecule has 2 aromatic rings. The molecule has 0 spiro atoms. The molecule has 158 valence electrons. The molecule has 8 nitrogen and oxygen atoms in total. The smallest absolute Gasteiger partial charge is 0.339 e. The van der Waals surface area contributed by atoms with E-state index in [1.165, 1.54) is 44.2 Å². The highest BCUT2D eigenvalue weighted by atomic mass is 16.6. The van der Waals surface area contributed by atoms with Gasteiger partial charge in [0.2, 0.25) is 11.7 Å². The Morgan fingerprint density at radius 3 is 2.20 bits per heavy atom. The molecule has 0 aliphatic carbocycles. The number of ether oxygens (including phenoxy) is 1. The number of hydrogen-bond acceptors (Lipinski definition) is 6. The Kier molecular flexibility index (Phi) is 6.71. The van der Waals surface area contributed by atoms with E-state index >= 15 is 0 Å². The van der Waals surface area contributed by atoms with E-state index in [1.54, 1.807) is 32.9 Å². The summed E-state index contributed by atoms with van der Waals surface area (Å²) in [5.74, 6) is -1.40. The quantitative estimate of drug-likeness (QED) is 0.327. The Morgan fingerprint density at radius 1 is 1.07 bits per heavy atom. The standard InChI is InChI=1S/C22H24N2O6/c1-13-17(7-6-8-18(13)24(28)29)20(26)30-14(2)19(25)15-9-11-16(12-10-15)23-21(27)22(3,4)5/h6-12,14H,1-5H3,(H,23,27)/t14-/m1/s1. The van der Waals surface area contributed by atoms with Crippen molar-refractivity contribution in [3.05, 3.63) is 69.3 Å². The number of benzene rings is 2. The van der Waals surface area contributed by atoms with E-state index in [-0.39, 0.29) is 22.7 Å². The first-order valence-electron chi connectivity index (χ1n) is 9.32. The van der Waals surface area contributed by atoms with Crippen LogP contribution in [-0.4, -0.2) is 28.7 Å². The Hall–Kier alpha value is -3.55. The maximum atomic E-state index is 12.6. The lowest BCUT2D eigenvalue weighted by molar-refractivity contribution is -0.385. The van der Waals surface area contributed by atoms with Gasteiger partial charge in [-0.25, -0.2) is 4.79 Å². The number of hydrogen-bond donors (Lipinski definition) is 1. The van der Waals surface area contributed by atoms with Gasteiger partial charge in [-0.05, 0) is 44.2 Å². The first-order valence-corrected chi connectivity index (χ1v) is 9.32. The van der Waals surface area contributed by atoms with Crippen LogP contribution in [0.5, 0.6) is 0 Å². The van der Waals surface area contributed by atoms with Gasteiger partial charge >= 0.3 is 5.97 Å². The highest BCUT2D eigenvalue weighted by Gasteiger charge is 2.25.